The van der Waals surface area contributed by atoms with Gasteiger partial charge in [-0.2, -0.15) is 9.47 Å². The fourth-order valence-corrected chi connectivity index (χ4v) is 4.88. The van der Waals surface area contributed by atoms with Crippen molar-refractivity contribution in [3.8, 4) is 16.9 Å². The van der Waals surface area contributed by atoms with E-state index in [1.54, 1.807) is 36.7 Å². The lowest BCUT2D eigenvalue weighted by atomic mass is 9.94. The van der Waals surface area contributed by atoms with Crippen molar-refractivity contribution in [2.45, 2.75) is 26.3 Å². The van der Waals surface area contributed by atoms with Gasteiger partial charge >= 0.3 is 0 Å². The molecule has 34 heavy (non-hydrogen) atoms. The molecule has 0 radical (unpaired) electrons. The highest BCUT2D eigenvalue weighted by Crippen LogP contribution is 2.32. The maximum Gasteiger partial charge on any atom is 0.270 e. The summed E-state index contributed by atoms with van der Waals surface area (Å²) < 4.78 is 20.4. The smallest absolute Gasteiger partial charge is 0.270 e. The molecule has 0 bridgehead atoms. The number of aryl methyl sites for hydroxylation is 2. The molecule has 0 aliphatic rings. The van der Waals surface area contributed by atoms with Gasteiger partial charge < -0.3 is 5.11 Å². The Labute approximate surface area is 199 Å². The minimum atomic E-state index is -0.315. The van der Waals surface area contributed by atoms with Crippen LogP contribution < -0.4 is 5.56 Å². The van der Waals surface area contributed by atoms with E-state index in [-0.39, 0.29) is 23.7 Å². The van der Waals surface area contributed by atoms with Crippen molar-refractivity contribution >= 4 is 21.6 Å². The average molecular weight is 473 g/mol. The predicted octanol–water partition coefficient (Wildman–Crippen LogP) is 4.90. The maximum atomic E-state index is 13.7. The van der Waals surface area contributed by atoms with E-state index in [9.17, 15) is 14.3 Å². The molecule has 6 nitrogen and oxygen atoms in total. The SMILES string of the molecule is Cc1nn(Cc2nccc3sncc23)c(=O)c(CCc2cccc(F)c2)c1-c1ccccc1O. The van der Waals surface area contributed by atoms with Crippen LogP contribution in [0, 0.1) is 12.7 Å². The summed E-state index contributed by atoms with van der Waals surface area (Å²) in [6.45, 7) is 2.02. The van der Waals surface area contributed by atoms with Crippen molar-refractivity contribution in [1.29, 1.82) is 0 Å². The number of fused-ring (bicyclic) bond motifs is 1. The predicted molar refractivity (Wildman–Crippen MR) is 131 cm³/mol. The lowest BCUT2D eigenvalue weighted by Crippen LogP contribution is -2.29. The molecule has 0 spiro atoms. The number of benzene rings is 2. The molecule has 170 valence electrons. The van der Waals surface area contributed by atoms with E-state index in [0.717, 1.165) is 15.6 Å². The molecular weight excluding hydrogens is 451 g/mol. The van der Waals surface area contributed by atoms with Crippen LogP contribution >= 0.6 is 11.5 Å². The van der Waals surface area contributed by atoms with Gasteiger partial charge in [-0.1, -0.05) is 30.3 Å². The zero-order chi connectivity index (χ0) is 23.7. The standard InChI is InChI=1S/C26H21FN4O2S/c1-16-25(19-7-2-3-8-23(19)32)20(10-9-17-5-4-6-18(27)13-17)26(33)31(30-16)15-22-21-14-29-34-24(21)11-12-28-22/h2-8,11-14,32H,9-10,15H2,1H3. The fraction of sp³-hybridized carbons (Fsp3) is 0.154. The molecule has 8 heteroatoms. The summed E-state index contributed by atoms with van der Waals surface area (Å²) in [4.78, 5) is 18.2. The molecule has 5 aromatic rings. The third kappa shape index (κ3) is 4.20. The molecule has 0 amide bonds. The van der Waals surface area contributed by atoms with Gasteiger partial charge in [0.25, 0.3) is 5.56 Å². The molecule has 0 fully saturated rings. The van der Waals surface area contributed by atoms with Crippen molar-refractivity contribution in [2.75, 3.05) is 0 Å². The Bertz CT molecular complexity index is 1560. The minimum Gasteiger partial charge on any atom is -0.507 e. The van der Waals surface area contributed by atoms with Gasteiger partial charge in [0.15, 0.2) is 0 Å². The van der Waals surface area contributed by atoms with E-state index in [2.05, 4.69) is 14.5 Å². The number of hydrogen-bond donors (Lipinski definition) is 1. The first-order chi connectivity index (χ1) is 16.5. The molecule has 0 aliphatic carbocycles. The number of phenolic OH excluding ortho intramolecular Hbond substituents is 1. The second-order valence-electron chi connectivity index (χ2n) is 8.04. The summed E-state index contributed by atoms with van der Waals surface area (Å²) in [6, 6.07) is 15.2. The van der Waals surface area contributed by atoms with E-state index in [1.807, 2.05) is 25.1 Å². The van der Waals surface area contributed by atoms with Gasteiger partial charge in [-0.15, -0.1) is 0 Å². The Morgan fingerprint density at radius 2 is 1.94 bits per heavy atom. The lowest BCUT2D eigenvalue weighted by molar-refractivity contribution is 0.477. The quantitative estimate of drug-likeness (QED) is 0.380. The second kappa shape index (κ2) is 9.15. The highest BCUT2D eigenvalue weighted by atomic mass is 32.1. The minimum absolute atomic E-state index is 0.0762. The number of rotatable bonds is 6. The third-order valence-electron chi connectivity index (χ3n) is 5.82. The Hall–Kier alpha value is -3.91. The van der Waals surface area contributed by atoms with Crippen LogP contribution in [0.1, 0.15) is 22.5 Å². The van der Waals surface area contributed by atoms with Crippen LogP contribution in [0.3, 0.4) is 0 Å². The van der Waals surface area contributed by atoms with Crippen molar-refractivity contribution < 1.29 is 9.50 Å². The van der Waals surface area contributed by atoms with Gasteiger partial charge in [-0.05, 0) is 61.1 Å². The monoisotopic (exact) mass is 472 g/mol. The number of phenols is 1. The van der Waals surface area contributed by atoms with Gasteiger partial charge in [0, 0.05) is 28.3 Å². The first kappa shape index (κ1) is 21.9. The summed E-state index contributed by atoms with van der Waals surface area (Å²) in [5.41, 5.74) is 3.54. The molecule has 0 saturated heterocycles. The number of nitrogens with zero attached hydrogens (tertiary/aromatic N) is 4. The van der Waals surface area contributed by atoms with Crippen LogP contribution in [0.2, 0.25) is 0 Å². The second-order valence-corrected chi connectivity index (χ2v) is 8.88. The van der Waals surface area contributed by atoms with E-state index in [1.165, 1.54) is 28.3 Å². The van der Waals surface area contributed by atoms with Crippen molar-refractivity contribution in [2.24, 2.45) is 0 Å². The van der Waals surface area contributed by atoms with Crippen LogP contribution in [-0.2, 0) is 19.4 Å². The van der Waals surface area contributed by atoms with Crippen molar-refractivity contribution in [3.63, 3.8) is 0 Å². The highest BCUT2D eigenvalue weighted by Gasteiger charge is 2.20. The molecule has 0 atom stereocenters. The molecule has 3 aromatic heterocycles. The summed E-state index contributed by atoms with van der Waals surface area (Å²) in [5, 5.41) is 16.0. The maximum absolute atomic E-state index is 13.7. The van der Waals surface area contributed by atoms with Crippen LogP contribution in [0.25, 0.3) is 21.2 Å². The number of halogens is 1. The van der Waals surface area contributed by atoms with Crippen LogP contribution in [-0.4, -0.2) is 24.2 Å². The molecule has 0 unspecified atom stereocenters. The largest absolute Gasteiger partial charge is 0.507 e. The number of pyridine rings is 1. The first-order valence-corrected chi connectivity index (χ1v) is 11.6. The van der Waals surface area contributed by atoms with Crippen molar-refractivity contribution in [1.82, 2.24) is 19.1 Å². The molecule has 2 aromatic carbocycles. The molecule has 5 rings (SSSR count). The van der Waals surface area contributed by atoms with E-state index in [0.29, 0.717) is 40.9 Å². The van der Waals surface area contributed by atoms with E-state index < -0.39 is 0 Å². The number of aromatic nitrogens is 4. The molecule has 0 aliphatic heterocycles. The molecular formula is C26H21FN4O2S. The average Bonchev–Trinajstić information content (AvgIpc) is 3.31. The Morgan fingerprint density at radius 1 is 1.09 bits per heavy atom. The Balaban J connectivity index is 1.62. The van der Waals surface area contributed by atoms with Crippen LogP contribution in [0.4, 0.5) is 4.39 Å². The van der Waals surface area contributed by atoms with Gasteiger partial charge in [-0.3, -0.25) is 9.78 Å². The molecule has 3 heterocycles. The molecule has 1 N–H and O–H groups in total. The van der Waals surface area contributed by atoms with Gasteiger partial charge in [0.05, 0.1) is 28.8 Å². The lowest BCUT2D eigenvalue weighted by Gasteiger charge is -2.16. The zero-order valence-corrected chi connectivity index (χ0v) is 19.2. The summed E-state index contributed by atoms with van der Waals surface area (Å²) in [7, 11) is 0. The normalized spacial score (nSPS) is 11.2. The van der Waals surface area contributed by atoms with E-state index in [4.69, 9.17) is 0 Å². The third-order valence-corrected chi connectivity index (χ3v) is 6.58. The summed E-state index contributed by atoms with van der Waals surface area (Å²) in [5.74, 6) is -0.238. The van der Waals surface area contributed by atoms with Crippen LogP contribution in [0.5, 0.6) is 5.75 Å². The van der Waals surface area contributed by atoms with Crippen LogP contribution in [0.15, 0.2) is 71.8 Å². The topological polar surface area (TPSA) is 80.9 Å². The van der Waals surface area contributed by atoms with Gasteiger partial charge in [0.1, 0.15) is 11.6 Å². The van der Waals surface area contributed by atoms with Gasteiger partial charge in [-0.25, -0.2) is 9.07 Å². The summed E-state index contributed by atoms with van der Waals surface area (Å²) in [6.07, 6.45) is 4.29. The number of aromatic hydroxyl groups is 1. The molecule has 0 saturated carbocycles. The van der Waals surface area contributed by atoms with E-state index >= 15 is 0 Å². The zero-order valence-electron chi connectivity index (χ0n) is 18.4. The Morgan fingerprint density at radius 3 is 2.76 bits per heavy atom. The first-order valence-electron chi connectivity index (χ1n) is 10.8. The van der Waals surface area contributed by atoms with Gasteiger partial charge in [0.2, 0.25) is 0 Å². The summed E-state index contributed by atoms with van der Waals surface area (Å²) >= 11 is 1.37. The van der Waals surface area contributed by atoms with Crippen molar-refractivity contribution in [3.05, 3.63) is 106 Å². The Kier molecular flexibility index (Phi) is 5.90. The highest BCUT2D eigenvalue weighted by molar-refractivity contribution is 7.13. The number of para-hydroxylation sites is 1. The number of hydrogen-bond acceptors (Lipinski definition) is 6. The fourth-order valence-electron chi connectivity index (χ4n) is 4.22.